The van der Waals surface area contributed by atoms with E-state index >= 15 is 0 Å². The summed E-state index contributed by atoms with van der Waals surface area (Å²) in [5.74, 6) is 2.71. The maximum atomic E-state index is 9.30. The molecule has 2 rings (SSSR count). The number of benzene rings is 1. The summed E-state index contributed by atoms with van der Waals surface area (Å²) < 4.78 is 1.76. The minimum absolute atomic E-state index is 0.223. The lowest BCUT2D eigenvalue weighted by atomic mass is 9.94. The predicted octanol–water partition coefficient (Wildman–Crippen LogP) is 2.87. The first-order valence-corrected chi connectivity index (χ1v) is 7.08. The highest BCUT2D eigenvalue weighted by Crippen LogP contribution is 2.30. The molecule has 0 N–H and O–H groups in total. The molecule has 5 nitrogen and oxygen atoms in total. The van der Waals surface area contributed by atoms with Crippen LogP contribution in [0.2, 0.25) is 0 Å². The molecule has 5 heteroatoms. The van der Waals surface area contributed by atoms with Gasteiger partial charge in [0, 0.05) is 18.2 Å². The third-order valence-electron chi connectivity index (χ3n) is 3.85. The molecule has 1 aromatic carbocycles. The zero-order valence-corrected chi connectivity index (χ0v) is 13.9. The lowest BCUT2D eigenvalue weighted by molar-refractivity contribution is 0.214. The number of hydrogen-bond donors (Lipinski definition) is 0. The van der Waals surface area contributed by atoms with Gasteiger partial charge in [0.1, 0.15) is 18.9 Å². The standard InChI is InChI=1S/C18H18N4O/c1-7-14-13(4)22(5)20-18(14)16-9-15(11(2)8-12(16)3)17(10-19)21-23-6/h1,8-9H,2-6H3/b21-17-. The topological polar surface area (TPSA) is 63.2 Å². The fraction of sp³-hybridized carbons (Fsp3) is 0.278. The van der Waals surface area contributed by atoms with Crippen LogP contribution in [0.25, 0.3) is 11.3 Å². The first-order chi connectivity index (χ1) is 10.9. The molecule has 23 heavy (non-hydrogen) atoms. The minimum atomic E-state index is 0.223. The third kappa shape index (κ3) is 2.82. The molecule has 0 aliphatic carbocycles. The van der Waals surface area contributed by atoms with Gasteiger partial charge in [-0.05, 0) is 38.0 Å². The Kier molecular flexibility index (Phi) is 4.52. The van der Waals surface area contributed by atoms with Crippen LogP contribution in [0.5, 0.6) is 0 Å². The Bertz CT molecular complexity index is 876. The molecule has 0 bridgehead atoms. The van der Waals surface area contributed by atoms with Crippen molar-refractivity contribution in [2.75, 3.05) is 7.11 Å². The second-order valence-corrected chi connectivity index (χ2v) is 5.29. The van der Waals surface area contributed by atoms with Gasteiger partial charge in [-0.25, -0.2) is 0 Å². The van der Waals surface area contributed by atoms with Gasteiger partial charge in [-0.2, -0.15) is 10.4 Å². The van der Waals surface area contributed by atoms with E-state index in [1.165, 1.54) is 7.11 Å². The fourth-order valence-corrected chi connectivity index (χ4v) is 2.55. The third-order valence-corrected chi connectivity index (χ3v) is 3.85. The van der Waals surface area contributed by atoms with Gasteiger partial charge >= 0.3 is 0 Å². The monoisotopic (exact) mass is 306 g/mol. The van der Waals surface area contributed by atoms with Crippen LogP contribution in [0.1, 0.15) is 27.9 Å². The van der Waals surface area contributed by atoms with Crippen molar-refractivity contribution in [3.05, 3.63) is 40.1 Å². The Morgan fingerprint density at radius 3 is 2.57 bits per heavy atom. The number of nitrogens with zero attached hydrogens (tertiary/aromatic N) is 4. The number of oxime groups is 1. The normalized spacial score (nSPS) is 11.0. The summed E-state index contributed by atoms with van der Waals surface area (Å²) in [6, 6.07) is 5.96. The first-order valence-electron chi connectivity index (χ1n) is 7.08. The van der Waals surface area contributed by atoms with Crippen LogP contribution in [0.4, 0.5) is 0 Å². The zero-order valence-electron chi connectivity index (χ0n) is 13.9. The molecule has 0 fully saturated rings. The molecule has 0 saturated carbocycles. The molecular weight excluding hydrogens is 288 g/mol. The van der Waals surface area contributed by atoms with E-state index in [-0.39, 0.29) is 5.71 Å². The maximum absolute atomic E-state index is 9.30. The minimum Gasteiger partial charge on any atom is -0.398 e. The molecular formula is C18H18N4O. The molecule has 0 amide bonds. The molecule has 0 radical (unpaired) electrons. The van der Waals surface area contributed by atoms with Gasteiger partial charge < -0.3 is 4.84 Å². The van der Waals surface area contributed by atoms with Crippen LogP contribution in [-0.2, 0) is 11.9 Å². The Morgan fingerprint density at radius 2 is 2.00 bits per heavy atom. The molecule has 1 heterocycles. The van der Waals surface area contributed by atoms with Crippen molar-refractivity contribution >= 4 is 5.71 Å². The van der Waals surface area contributed by atoms with Crippen molar-refractivity contribution in [1.82, 2.24) is 9.78 Å². The Morgan fingerprint density at radius 1 is 1.30 bits per heavy atom. The molecule has 1 aromatic heterocycles. The van der Waals surface area contributed by atoms with Gasteiger partial charge in [0.05, 0.1) is 11.3 Å². The molecule has 0 aliphatic heterocycles. The summed E-state index contributed by atoms with van der Waals surface area (Å²) in [7, 11) is 3.28. The predicted molar refractivity (Wildman–Crippen MR) is 89.9 cm³/mol. The number of terminal acetylenes is 1. The zero-order chi connectivity index (χ0) is 17.1. The summed E-state index contributed by atoms with van der Waals surface area (Å²) in [4.78, 5) is 4.76. The van der Waals surface area contributed by atoms with Crippen molar-refractivity contribution < 1.29 is 4.84 Å². The van der Waals surface area contributed by atoms with Gasteiger partial charge in [0.15, 0.2) is 5.71 Å². The SMILES string of the molecule is C#Cc1c(-c2cc(/C(C#N)=N\OC)c(C)cc2C)nn(C)c1C. The molecule has 2 aromatic rings. The largest absolute Gasteiger partial charge is 0.398 e. The average Bonchev–Trinajstić information content (AvgIpc) is 2.80. The van der Waals surface area contributed by atoms with Gasteiger partial charge in [0.25, 0.3) is 0 Å². The van der Waals surface area contributed by atoms with Gasteiger partial charge in [0.2, 0.25) is 0 Å². The van der Waals surface area contributed by atoms with Crippen LogP contribution < -0.4 is 0 Å². The highest BCUT2D eigenvalue weighted by Gasteiger charge is 2.18. The second-order valence-electron chi connectivity index (χ2n) is 5.29. The van der Waals surface area contributed by atoms with Gasteiger partial charge in [-0.1, -0.05) is 17.1 Å². The first kappa shape index (κ1) is 16.3. The average molecular weight is 306 g/mol. The maximum Gasteiger partial charge on any atom is 0.187 e. The van der Waals surface area contributed by atoms with E-state index in [1.54, 1.807) is 4.68 Å². The fourth-order valence-electron chi connectivity index (χ4n) is 2.55. The van der Waals surface area contributed by atoms with Crippen LogP contribution in [0.3, 0.4) is 0 Å². The van der Waals surface area contributed by atoms with Crippen molar-refractivity contribution in [3.63, 3.8) is 0 Å². The highest BCUT2D eigenvalue weighted by molar-refractivity contribution is 6.12. The lowest BCUT2D eigenvalue weighted by Crippen LogP contribution is -2.03. The molecule has 0 atom stereocenters. The van der Waals surface area contributed by atoms with E-state index in [1.807, 2.05) is 40.0 Å². The smallest absolute Gasteiger partial charge is 0.187 e. The quantitative estimate of drug-likeness (QED) is 0.497. The summed E-state index contributed by atoms with van der Waals surface area (Å²) in [5, 5.41) is 17.6. The highest BCUT2D eigenvalue weighted by atomic mass is 16.6. The number of hydrogen-bond acceptors (Lipinski definition) is 4. The van der Waals surface area contributed by atoms with Gasteiger partial charge in [-0.15, -0.1) is 6.42 Å². The van der Waals surface area contributed by atoms with Crippen molar-refractivity contribution in [2.45, 2.75) is 20.8 Å². The van der Waals surface area contributed by atoms with Crippen LogP contribution >= 0.6 is 0 Å². The Labute approximate surface area is 136 Å². The van der Waals surface area contributed by atoms with E-state index in [2.05, 4.69) is 22.2 Å². The van der Waals surface area contributed by atoms with Crippen LogP contribution in [0, 0.1) is 44.4 Å². The second kappa shape index (κ2) is 6.37. The van der Waals surface area contributed by atoms with Crippen molar-refractivity contribution in [3.8, 4) is 29.7 Å². The Hall–Kier alpha value is -3.05. The number of aromatic nitrogens is 2. The number of nitriles is 1. The van der Waals surface area contributed by atoms with Crippen LogP contribution in [0.15, 0.2) is 17.3 Å². The van der Waals surface area contributed by atoms with E-state index in [4.69, 9.17) is 11.3 Å². The van der Waals surface area contributed by atoms with Crippen molar-refractivity contribution in [1.29, 1.82) is 5.26 Å². The van der Waals surface area contributed by atoms with E-state index in [0.29, 0.717) is 5.56 Å². The van der Waals surface area contributed by atoms with E-state index in [9.17, 15) is 5.26 Å². The number of rotatable bonds is 3. The summed E-state index contributed by atoms with van der Waals surface area (Å²) in [6.07, 6.45) is 5.65. The summed E-state index contributed by atoms with van der Waals surface area (Å²) >= 11 is 0. The summed E-state index contributed by atoms with van der Waals surface area (Å²) in [6.45, 7) is 5.86. The number of aryl methyl sites for hydroxylation is 3. The van der Waals surface area contributed by atoms with Gasteiger partial charge in [-0.3, -0.25) is 4.68 Å². The molecule has 0 spiro atoms. The lowest BCUT2D eigenvalue weighted by Gasteiger charge is -2.10. The van der Waals surface area contributed by atoms with Crippen molar-refractivity contribution in [2.24, 2.45) is 12.2 Å². The molecule has 116 valence electrons. The molecule has 0 unspecified atom stereocenters. The van der Waals surface area contributed by atoms with Crippen LogP contribution in [-0.4, -0.2) is 22.6 Å². The van der Waals surface area contributed by atoms with E-state index < -0.39 is 0 Å². The van der Waals surface area contributed by atoms with E-state index in [0.717, 1.165) is 33.6 Å². The summed E-state index contributed by atoms with van der Waals surface area (Å²) in [5.41, 5.74) is 6.22. The molecule has 0 aliphatic rings. The molecule has 0 saturated heterocycles. The Balaban J connectivity index is 2.76.